The van der Waals surface area contributed by atoms with E-state index in [2.05, 4.69) is 34.9 Å². The van der Waals surface area contributed by atoms with Gasteiger partial charge in [-0.05, 0) is 29.8 Å². The molecule has 0 aliphatic carbocycles. The maximum Gasteiger partial charge on any atom is 0.119 e. The molecule has 1 N–H and O–H groups in total. The Bertz CT molecular complexity index is 977. The molecule has 3 nitrogen and oxygen atoms in total. The molecule has 0 aliphatic heterocycles. The van der Waals surface area contributed by atoms with Crippen LogP contribution in [0, 0.1) is 0 Å². The monoisotopic (exact) mass is 343 g/mol. The van der Waals surface area contributed by atoms with Gasteiger partial charge >= 0.3 is 0 Å². The van der Waals surface area contributed by atoms with Crippen LogP contribution in [-0.4, -0.2) is 22.4 Å². The third-order valence-electron chi connectivity index (χ3n) is 4.46. The van der Waals surface area contributed by atoms with Crippen molar-refractivity contribution in [2.75, 3.05) is 6.61 Å². The molecule has 0 saturated heterocycles. The second-order valence-electron chi connectivity index (χ2n) is 6.34. The average molecular weight is 343 g/mol. The standard InChI is InChI=1S/C23H21NO2/c25-20(17-26-21-12-5-2-6-13-21)16-24-22-14-8-7-11-19(22)15-23(24)18-9-3-1-4-10-18/h1-15,20,25H,16-17H2. The van der Waals surface area contributed by atoms with Gasteiger partial charge in [0, 0.05) is 16.6 Å². The van der Waals surface area contributed by atoms with Crippen LogP contribution in [0.15, 0.2) is 91.0 Å². The predicted molar refractivity (Wildman–Crippen MR) is 105 cm³/mol. The van der Waals surface area contributed by atoms with E-state index >= 15 is 0 Å². The minimum Gasteiger partial charge on any atom is -0.491 e. The van der Waals surface area contributed by atoms with Crippen molar-refractivity contribution in [3.05, 3.63) is 91.0 Å². The van der Waals surface area contributed by atoms with Crippen LogP contribution in [0.5, 0.6) is 5.75 Å². The summed E-state index contributed by atoms with van der Waals surface area (Å²) >= 11 is 0. The van der Waals surface area contributed by atoms with Crippen LogP contribution in [0.1, 0.15) is 0 Å². The fourth-order valence-electron chi connectivity index (χ4n) is 3.23. The highest BCUT2D eigenvalue weighted by molar-refractivity contribution is 5.87. The Kier molecular flexibility index (Phi) is 4.71. The second-order valence-corrected chi connectivity index (χ2v) is 6.34. The first-order valence-corrected chi connectivity index (χ1v) is 8.81. The fourth-order valence-corrected chi connectivity index (χ4v) is 3.23. The van der Waals surface area contributed by atoms with Gasteiger partial charge in [0.05, 0.1) is 6.54 Å². The van der Waals surface area contributed by atoms with Crippen molar-refractivity contribution in [1.29, 1.82) is 0 Å². The molecule has 130 valence electrons. The van der Waals surface area contributed by atoms with Crippen molar-refractivity contribution in [2.45, 2.75) is 12.6 Å². The summed E-state index contributed by atoms with van der Waals surface area (Å²) in [5, 5.41) is 11.7. The lowest BCUT2D eigenvalue weighted by Gasteiger charge is -2.17. The summed E-state index contributed by atoms with van der Waals surface area (Å²) < 4.78 is 7.88. The third-order valence-corrected chi connectivity index (χ3v) is 4.46. The van der Waals surface area contributed by atoms with E-state index in [4.69, 9.17) is 4.74 Å². The van der Waals surface area contributed by atoms with Crippen LogP contribution < -0.4 is 4.74 Å². The third kappa shape index (κ3) is 3.48. The zero-order valence-electron chi connectivity index (χ0n) is 14.5. The molecule has 0 amide bonds. The van der Waals surface area contributed by atoms with Crippen LogP contribution in [0.25, 0.3) is 22.2 Å². The van der Waals surface area contributed by atoms with Gasteiger partial charge in [-0.2, -0.15) is 0 Å². The number of benzene rings is 3. The lowest BCUT2D eigenvalue weighted by molar-refractivity contribution is 0.0939. The lowest BCUT2D eigenvalue weighted by Crippen LogP contribution is -2.23. The molecule has 0 saturated carbocycles. The Morgan fingerprint density at radius 3 is 2.23 bits per heavy atom. The van der Waals surface area contributed by atoms with Gasteiger partial charge in [-0.25, -0.2) is 0 Å². The zero-order chi connectivity index (χ0) is 17.8. The Balaban J connectivity index is 1.60. The fraction of sp³-hybridized carbons (Fsp3) is 0.130. The van der Waals surface area contributed by atoms with Crippen LogP contribution >= 0.6 is 0 Å². The summed E-state index contributed by atoms with van der Waals surface area (Å²) in [4.78, 5) is 0. The lowest BCUT2D eigenvalue weighted by atomic mass is 10.1. The van der Waals surface area contributed by atoms with Gasteiger partial charge in [0.25, 0.3) is 0 Å². The van der Waals surface area contributed by atoms with E-state index in [1.54, 1.807) is 0 Å². The molecule has 1 heterocycles. The molecule has 0 spiro atoms. The molecule has 1 unspecified atom stereocenters. The van der Waals surface area contributed by atoms with Gasteiger partial charge in [-0.3, -0.25) is 0 Å². The first kappa shape index (κ1) is 16.4. The van der Waals surface area contributed by atoms with Gasteiger partial charge in [0.1, 0.15) is 18.5 Å². The molecular weight excluding hydrogens is 322 g/mol. The van der Waals surface area contributed by atoms with Gasteiger partial charge < -0.3 is 14.4 Å². The molecule has 0 fully saturated rings. The number of para-hydroxylation sites is 2. The van der Waals surface area contributed by atoms with E-state index in [9.17, 15) is 5.11 Å². The molecule has 4 aromatic rings. The van der Waals surface area contributed by atoms with E-state index in [0.29, 0.717) is 6.54 Å². The molecule has 0 radical (unpaired) electrons. The summed E-state index contributed by atoms with van der Waals surface area (Å²) in [6.07, 6.45) is -0.603. The van der Waals surface area contributed by atoms with Gasteiger partial charge in [-0.15, -0.1) is 0 Å². The van der Waals surface area contributed by atoms with Crippen molar-refractivity contribution in [2.24, 2.45) is 0 Å². The Morgan fingerprint density at radius 2 is 1.46 bits per heavy atom. The first-order chi connectivity index (χ1) is 12.8. The number of nitrogens with zero attached hydrogens (tertiary/aromatic N) is 1. The van der Waals surface area contributed by atoms with Crippen LogP contribution in [0.2, 0.25) is 0 Å². The van der Waals surface area contributed by atoms with Crippen LogP contribution in [0.3, 0.4) is 0 Å². The molecule has 3 aromatic carbocycles. The topological polar surface area (TPSA) is 34.4 Å². The highest BCUT2D eigenvalue weighted by Gasteiger charge is 2.14. The Hall–Kier alpha value is -3.04. The summed E-state index contributed by atoms with van der Waals surface area (Å²) in [6.45, 7) is 0.731. The Labute approximate surface area is 153 Å². The highest BCUT2D eigenvalue weighted by atomic mass is 16.5. The minimum absolute atomic E-state index is 0.255. The number of aliphatic hydroxyl groups is 1. The predicted octanol–water partition coefficient (Wildman–Crippen LogP) is 4.75. The van der Waals surface area contributed by atoms with Crippen LogP contribution in [-0.2, 0) is 6.54 Å². The summed E-state index contributed by atoms with van der Waals surface area (Å²) in [7, 11) is 0. The molecule has 1 aromatic heterocycles. The molecule has 3 heteroatoms. The molecule has 26 heavy (non-hydrogen) atoms. The van der Waals surface area contributed by atoms with Crippen LogP contribution in [0.4, 0.5) is 0 Å². The van der Waals surface area contributed by atoms with E-state index in [-0.39, 0.29) is 6.61 Å². The van der Waals surface area contributed by atoms with Gasteiger partial charge in [0.15, 0.2) is 0 Å². The maximum absolute atomic E-state index is 10.6. The van der Waals surface area contributed by atoms with E-state index < -0.39 is 6.10 Å². The van der Waals surface area contributed by atoms with Crippen molar-refractivity contribution >= 4 is 10.9 Å². The Morgan fingerprint density at radius 1 is 0.808 bits per heavy atom. The molecule has 0 aliphatic rings. The van der Waals surface area contributed by atoms with E-state index in [0.717, 1.165) is 22.5 Å². The molecule has 1 atom stereocenters. The average Bonchev–Trinajstić information content (AvgIpc) is 3.06. The zero-order valence-corrected chi connectivity index (χ0v) is 14.5. The number of hydrogen-bond donors (Lipinski definition) is 1. The smallest absolute Gasteiger partial charge is 0.119 e. The van der Waals surface area contributed by atoms with E-state index in [1.807, 2.05) is 60.7 Å². The van der Waals surface area contributed by atoms with Crippen molar-refractivity contribution in [3.8, 4) is 17.0 Å². The normalized spacial score (nSPS) is 12.2. The van der Waals surface area contributed by atoms with Crippen molar-refractivity contribution in [3.63, 3.8) is 0 Å². The van der Waals surface area contributed by atoms with E-state index in [1.165, 1.54) is 5.39 Å². The SMILES string of the molecule is OC(COc1ccccc1)Cn1c(-c2ccccc2)cc2ccccc21. The number of hydrogen-bond acceptors (Lipinski definition) is 2. The summed E-state index contributed by atoms with van der Waals surface area (Å²) in [5.41, 5.74) is 3.36. The second kappa shape index (κ2) is 7.46. The largest absolute Gasteiger partial charge is 0.491 e. The molecule has 4 rings (SSSR count). The highest BCUT2D eigenvalue weighted by Crippen LogP contribution is 2.28. The van der Waals surface area contributed by atoms with Gasteiger partial charge in [-0.1, -0.05) is 66.7 Å². The quantitative estimate of drug-likeness (QED) is 0.548. The summed E-state index contributed by atoms with van der Waals surface area (Å²) in [6, 6.07) is 30.3. The number of aromatic nitrogens is 1. The first-order valence-electron chi connectivity index (χ1n) is 8.81. The molecule has 0 bridgehead atoms. The summed E-state index contributed by atoms with van der Waals surface area (Å²) in [5.74, 6) is 0.771. The van der Waals surface area contributed by atoms with Crippen molar-refractivity contribution < 1.29 is 9.84 Å². The number of aliphatic hydroxyl groups excluding tert-OH is 1. The number of rotatable bonds is 6. The number of ether oxygens (including phenoxy) is 1. The van der Waals surface area contributed by atoms with Gasteiger partial charge in [0.2, 0.25) is 0 Å². The van der Waals surface area contributed by atoms with Crippen molar-refractivity contribution in [1.82, 2.24) is 4.57 Å². The molecular formula is C23H21NO2. The maximum atomic E-state index is 10.6. The number of fused-ring (bicyclic) bond motifs is 1. The minimum atomic E-state index is -0.603.